The molecule has 4 aromatic carbocycles. The molecule has 0 aromatic heterocycles. The highest BCUT2D eigenvalue weighted by atomic mass is 32.2. The van der Waals surface area contributed by atoms with Gasteiger partial charge < -0.3 is 10.1 Å². The van der Waals surface area contributed by atoms with Crippen LogP contribution in [0.3, 0.4) is 0 Å². The molecular formula is C31H32N2O4S. The lowest BCUT2D eigenvalue weighted by atomic mass is 10.0. The highest BCUT2D eigenvalue weighted by Crippen LogP contribution is 2.24. The molecule has 1 N–H and O–H groups in total. The van der Waals surface area contributed by atoms with E-state index >= 15 is 0 Å². The van der Waals surface area contributed by atoms with Gasteiger partial charge in [-0.25, -0.2) is 8.42 Å². The lowest BCUT2D eigenvalue weighted by Gasteiger charge is -2.23. The number of anilines is 1. The fraction of sp³-hybridized carbons (Fsp3) is 0.194. The summed E-state index contributed by atoms with van der Waals surface area (Å²) in [5.41, 5.74) is 4.06. The first kappa shape index (κ1) is 26.9. The van der Waals surface area contributed by atoms with Crippen LogP contribution in [-0.4, -0.2) is 27.1 Å². The fourth-order valence-electron chi connectivity index (χ4n) is 4.02. The van der Waals surface area contributed by atoms with E-state index in [0.717, 1.165) is 11.1 Å². The van der Waals surface area contributed by atoms with Gasteiger partial charge in [0.05, 0.1) is 18.5 Å². The molecule has 0 fully saturated rings. The number of hydrogen-bond donors (Lipinski definition) is 1. The van der Waals surface area contributed by atoms with Gasteiger partial charge in [0.15, 0.2) is 0 Å². The number of carbonyl (C=O) groups is 1. The maximum absolute atomic E-state index is 12.6. The highest BCUT2D eigenvalue weighted by molar-refractivity contribution is 7.92. The molecule has 0 unspecified atom stereocenters. The molecule has 0 saturated heterocycles. The number of rotatable bonds is 11. The Labute approximate surface area is 225 Å². The van der Waals surface area contributed by atoms with Gasteiger partial charge in [0.2, 0.25) is 10.0 Å². The molecule has 6 nitrogen and oxygen atoms in total. The van der Waals surface area contributed by atoms with E-state index in [0.29, 0.717) is 30.2 Å². The maximum Gasteiger partial charge on any atom is 0.251 e. The molecule has 7 heteroatoms. The molecule has 1 amide bonds. The predicted octanol–water partition coefficient (Wildman–Crippen LogP) is 5.77. The lowest BCUT2D eigenvalue weighted by molar-refractivity contribution is 0.0951. The number of ether oxygens (including phenoxy) is 1. The van der Waals surface area contributed by atoms with Gasteiger partial charge in [-0.2, -0.15) is 0 Å². The molecule has 4 aromatic rings. The van der Waals surface area contributed by atoms with E-state index in [1.54, 1.807) is 48.5 Å². The third-order valence-corrected chi connectivity index (χ3v) is 7.39. The number of amides is 1. The predicted molar refractivity (Wildman–Crippen MR) is 152 cm³/mol. The number of hydrogen-bond acceptors (Lipinski definition) is 4. The zero-order chi connectivity index (χ0) is 27.0. The SMILES string of the molecule is C[C@H](CNC(=O)c1ccc(CN(c2ccc(OCc3ccccc3)cc2)S(C)(=O)=O)cc1)c1ccccc1. The van der Waals surface area contributed by atoms with Crippen molar-refractivity contribution in [2.24, 2.45) is 0 Å². The first-order valence-electron chi connectivity index (χ1n) is 12.5. The summed E-state index contributed by atoms with van der Waals surface area (Å²) in [5, 5.41) is 2.98. The second-order valence-electron chi connectivity index (χ2n) is 9.26. The molecule has 0 heterocycles. The summed E-state index contributed by atoms with van der Waals surface area (Å²) in [7, 11) is -3.54. The van der Waals surface area contributed by atoms with E-state index in [-0.39, 0.29) is 18.4 Å². The van der Waals surface area contributed by atoms with Crippen molar-refractivity contribution < 1.29 is 17.9 Å². The van der Waals surface area contributed by atoms with Gasteiger partial charge in [-0.1, -0.05) is 79.7 Å². The molecule has 0 aliphatic rings. The summed E-state index contributed by atoms with van der Waals surface area (Å²) in [4.78, 5) is 12.6. The van der Waals surface area contributed by atoms with Crippen LogP contribution in [0, 0.1) is 0 Å². The van der Waals surface area contributed by atoms with Gasteiger partial charge in [-0.05, 0) is 59.0 Å². The molecule has 0 bridgehead atoms. The number of benzene rings is 4. The second-order valence-corrected chi connectivity index (χ2v) is 11.2. The topological polar surface area (TPSA) is 75.7 Å². The van der Waals surface area contributed by atoms with Gasteiger partial charge in [-0.3, -0.25) is 9.10 Å². The average molecular weight is 529 g/mol. The summed E-state index contributed by atoms with van der Waals surface area (Å²) in [6, 6.07) is 33.9. The summed E-state index contributed by atoms with van der Waals surface area (Å²) in [6.07, 6.45) is 1.18. The Morgan fingerprint density at radius 2 is 1.42 bits per heavy atom. The Morgan fingerprint density at radius 1 is 0.816 bits per heavy atom. The van der Waals surface area contributed by atoms with Crippen LogP contribution >= 0.6 is 0 Å². The third-order valence-electron chi connectivity index (χ3n) is 6.25. The van der Waals surface area contributed by atoms with E-state index in [2.05, 4.69) is 12.2 Å². The Hall–Kier alpha value is -4.10. The van der Waals surface area contributed by atoms with E-state index in [4.69, 9.17) is 4.74 Å². The Bertz CT molecular complexity index is 1420. The summed E-state index contributed by atoms with van der Waals surface area (Å²) in [6.45, 7) is 3.18. The first-order chi connectivity index (χ1) is 18.3. The zero-order valence-electron chi connectivity index (χ0n) is 21.6. The average Bonchev–Trinajstić information content (AvgIpc) is 2.94. The molecule has 196 valence electrons. The van der Waals surface area contributed by atoms with Crippen LogP contribution in [0.25, 0.3) is 0 Å². The Morgan fingerprint density at radius 3 is 2.03 bits per heavy atom. The largest absolute Gasteiger partial charge is 0.489 e. The van der Waals surface area contributed by atoms with Crippen molar-refractivity contribution in [1.29, 1.82) is 0 Å². The smallest absolute Gasteiger partial charge is 0.251 e. The van der Waals surface area contributed by atoms with Crippen molar-refractivity contribution in [3.05, 3.63) is 131 Å². The minimum atomic E-state index is -3.54. The van der Waals surface area contributed by atoms with Gasteiger partial charge in [0, 0.05) is 12.1 Å². The number of sulfonamides is 1. The van der Waals surface area contributed by atoms with Crippen molar-refractivity contribution in [3.8, 4) is 5.75 Å². The van der Waals surface area contributed by atoms with Crippen LogP contribution in [0.2, 0.25) is 0 Å². The molecule has 0 aliphatic heterocycles. The van der Waals surface area contributed by atoms with Crippen molar-refractivity contribution >= 4 is 21.6 Å². The van der Waals surface area contributed by atoms with Gasteiger partial charge >= 0.3 is 0 Å². The third kappa shape index (κ3) is 7.46. The van der Waals surface area contributed by atoms with Gasteiger partial charge in [-0.15, -0.1) is 0 Å². The second kappa shape index (κ2) is 12.4. The van der Waals surface area contributed by atoms with E-state index in [1.165, 1.54) is 16.1 Å². The fourth-order valence-corrected chi connectivity index (χ4v) is 4.91. The first-order valence-corrected chi connectivity index (χ1v) is 14.3. The van der Waals surface area contributed by atoms with Crippen molar-refractivity contribution in [2.45, 2.75) is 26.0 Å². The van der Waals surface area contributed by atoms with E-state index in [9.17, 15) is 13.2 Å². The van der Waals surface area contributed by atoms with Crippen LogP contribution in [0.15, 0.2) is 109 Å². The lowest BCUT2D eigenvalue weighted by Crippen LogP contribution is -2.29. The minimum Gasteiger partial charge on any atom is -0.489 e. The maximum atomic E-state index is 12.6. The molecule has 0 aliphatic carbocycles. The highest BCUT2D eigenvalue weighted by Gasteiger charge is 2.18. The number of nitrogens with one attached hydrogen (secondary N) is 1. The van der Waals surface area contributed by atoms with E-state index in [1.807, 2.05) is 60.7 Å². The van der Waals surface area contributed by atoms with Crippen LogP contribution in [0.4, 0.5) is 5.69 Å². The number of carbonyl (C=O) groups excluding carboxylic acids is 1. The van der Waals surface area contributed by atoms with Crippen molar-refractivity contribution in [3.63, 3.8) is 0 Å². The summed E-state index contributed by atoms with van der Waals surface area (Å²) < 4.78 is 32.4. The van der Waals surface area contributed by atoms with Crippen LogP contribution in [-0.2, 0) is 23.2 Å². The van der Waals surface area contributed by atoms with Gasteiger partial charge in [0.1, 0.15) is 12.4 Å². The molecule has 1 atom stereocenters. The van der Waals surface area contributed by atoms with Crippen LogP contribution in [0.1, 0.15) is 39.9 Å². The monoisotopic (exact) mass is 528 g/mol. The normalized spacial score (nSPS) is 11.9. The van der Waals surface area contributed by atoms with Crippen LogP contribution in [0.5, 0.6) is 5.75 Å². The number of nitrogens with zero attached hydrogens (tertiary/aromatic N) is 1. The molecule has 0 radical (unpaired) electrons. The summed E-state index contributed by atoms with van der Waals surface area (Å²) in [5.74, 6) is 0.686. The molecule has 4 rings (SSSR count). The van der Waals surface area contributed by atoms with Crippen LogP contribution < -0.4 is 14.4 Å². The van der Waals surface area contributed by atoms with E-state index < -0.39 is 10.0 Å². The zero-order valence-corrected chi connectivity index (χ0v) is 22.4. The van der Waals surface area contributed by atoms with Crippen molar-refractivity contribution in [2.75, 3.05) is 17.1 Å². The van der Waals surface area contributed by atoms with Crippen molar-refractivity contribution in [1.82, 2.24) is 5.32 Å². The van der Waals surface area contributed by atoms with Gasteiger partial charge in [0.25, 0.3) is 5.91 Å². The Balaban J connectivity index is 1.37. The minimum absolute atomic E-state index is 0.149. The molecule has 38 heavy (non-hydrogen) atoms. The Kier molecular flexibility index (Phi) is 8.81. The molecular weight excluding hydrogens is 496 g/mol. The summed E-state index contributed by atoms with van der Waals surface area (Å²) >= 11 is 0. The molecule has 0 saturated carbocycles. The molecule has 0 spiro atoms. The quantitative estimate of drug-likeness (QED) is 0.268. The standard InChI is InChI=1S/C31H32N2O4S/c1-24(27-11-7-4-8-12-27)21-32-31(34)28-15-13-25(14-16-28)22-33(38(2,35)36)29-17-19-30(20-18-29)37-23-26-9-5-3-6-10-26/h3-20,24H,21-23H2,1-2H3,(H,32,34)/t24-/m1/s1.